The molecule has 21 heavy (non-hydrogen) atoms. The molecule has 0 saturated heterocycles. The van der Waals surface area contributed by atoms with Crippen LogP contribution >= 0.6 is 0 Å². The van der Waals surface area contributed by atoms with Gasteiger partial charge in [-0.25, -0.2) is 0 Å². The van der Waals surface area contributed by atoms with E-state index in [4.69, 9.17) is 9.47 Å². The van der Waals surface area contributed by atoms with Crippen LogP contribution in [0.15, 0.2) is 23.8 Å². The summed E-state index contributed by atoms with van der Waals surface area (Å²) in [5.74, 6) is 4.29. The van der Waals surface area contributed by atoms with Crippen LogP contribution in [0.4, 0.5) is 0 Å². The van der Waals surface area contributed by atoms with E-state index in [1.807, 2.05) is 6.08 Å². The van der Waals surface area contributed by atoms with E-state index in [0.29, 0.717) is 0 Å². The molecule has 0 aliphatic heterocycles. The molecule has 4 nitrogen and oxygen atoms in total. The molecule has 0 amide bonds. The lowest BCUT2D eigenvalue weighted by Gasteiger charge is -2.25. The summed E-state index contributed by atoms with van der Waals surface area (Å²) in [7, 11) is 2.53. The van der Waals surface area contributed by atoms with E-state index in [0.717, 1.165) is 30.4 Å². The Morgan fingerprint density at radius 3 is 2.33 bits per heavy atom. The fourth-order valence-electron chi connectivity index (χ4n) is 2.47. The maximum atomic E-state index is 12.2. The van der Waals surface area contributed by atoms with E-state index in [9.17, 15) is 9.59 Å². The predicted molar refractivity (Wildman–Crippen MR) is 80.2 cm³/mol. The highest BCUT2D eigenvalue weighted by atomic mass is 16.5. The average molecular weight is 290 g/mol. The standard InChI is InChI=1S/C17H22O4/c1-5-6-11-17(15(18)20-3,16(19)21-4)12-10-14-9-7-8-13(14)2/h10H,2,7-9,11-12H2,1,3-4H3/b14-10-. The number of carbonyl (C=O) groups is 2. The van der Waals surface area contributed by atoms with Gasteiger partial charge in [-0.15, -0.1) is 11.8 Å². The molecule has 0 aromatic carbocycles. The summed E-state index contributed by atoms with van der Waals surface area (Å²) >= 11 is 0. The quantitative estimate of drug-likeness (QED) is 0.444. The highest BCUT2D eigenvalue weighted by Crippen LogP contribution is 2.35. The topological polar surface area (TPSA) is 52.6 Å². The molecule has 1 fully saturated rings. The summed E-state index contributed by atoms with van der Waals surface area (Å²) in [6, 6.07) is 0. The molecule has 0 N–H and O–H groups in total. The maximum absolute atomic E-state index is 12.2. The normalized spacial score (nSPS) is 16.3. The third-order valence-electron chi connectivity index (χ3n) is 3.79. The SMILES string of the molecule is C=C1CCC/C1=C/CC(CC#CC)(C(=O)OC)C(=O)OC. The van der Waals surface area contributed by atoms with Crippen LogP contribution in [0.1, 0.15) is 39.0 Å². The lowest BCUT2D eigenvalue weighted by atomic mass is 9.80. The van der Waals surface area contributed by atoms with Crippen LogP contribution in [0.2, 0.25) is 0 Å². The summed E-state index contributed by atoms with van der Waals surface area (Å²) in [4.78, 5) is 24.4. The van der Waals surface area contributed by atoms with Crippen molar-refractivity contribution in [3.8, 4) is 11.8 Å². The van der Waals surface area contributed by atoms with Gasteiger partial charge < -0.3 is 9.47 Å². The monoisotopic (exact) mass is 290 g/mol. The third kappa shape index (κ3) is 3.75. The van der Waals surface area contributed by atoms with Gasteiger partial charge in [0.05, 0.1) is 14.2 Å². The molecular weight excluding hydrogens is 268 g/mol. The van der Waals surface area contributed by atoms with E-state index >= 15 is 0 Å². The van der Waals surface area contributed by atoms with Crippen LogP contribution in [0.3, 0.4) is 0 Å². The first kappa shape index (κ1) is 17.0. The number of hydrogen-bond donors (Lipinski definition) is 0. The number of rotatable bonds is 5. The molecule has 1 rings (SSSR count). The molecule has 0 aromatic heterocycles. The molecule has 1 aliphatic rings. The Balaban J connectivity index is 3.13. The van der Waals surface area contributed by atoms with Gasteiger partial charge in [0, 0.05) is 6.42 Å². The highest BCUT2D eigenvalue weighted by Gasteiger charge is 2.47. The molecule has 1 saturated carbocycles. The second kappa shape index (κ2) is 7.68. The van der Waals surface area contributed by atoms with Crippen molar-refractivity contribution in [2.75, 3.05) is 14.2 Å². The zero-order chi connectivity index (χ0) is 15.9. The van der Waals surface area contributed by atoms with Crippen molar-refractivity contribution in [2.45, 2.75) is 39.0 Å². The smallest absolute Gasteiger partial charge is 0.324 e. The molecule has 0 aromatic rings. The van der Waals surface area contributed by atoms with Gasteiger partial charge in [-0.3, -0.25) is 9.59 Å². The highest BCUT2D eigenvalue weighted by molar-refractivity contribution is 6.00. The van der Waals surface area contributed by atoms with Crippen molar-refractivity contribution in [1.29, 1.82) is 0 Å². The van der Waals surface area contributed by atoms with Crippen molar-refractivity contribution in [1.82, 2.24) is 0 Å². The van der Waals surface area contributed by atoms with E-state index in [-0.39, 0.29) is 12.8 Å². The van der Waals surface area contributed by atoms with Crippen molar-refractivity contribution in [2.24, 2.45) is 5.41 Å². The van der Waals surface area contributed by atoms with E-state index in [2.05, 4.69) is 18.4 Å². The molecular formula is C17H22O4. The number of carbonyl (C=O) groups excluding carboxylic acids is 2. The Morgan fingerprint density at radius 2 is 1.90 bits per heavy atom. The van der Waals surface area contributed by atoms with Crippen LogP contribution in [0.5, 0.6) is 0 Å². The molecule has 0 heterocycles. The van der Waals surface area contributed by atoms with Crippen molar-refractivity contribution in [3.63, 3.8) is 0 Å². The summed E-state index contributed by atoms with van der Waals surface area (Å²) in [5.41, 5.74) is 0.777. The Kier molecular flexibility index (Phi) is 6.23. The molecule has 1 aliphatic carbocycles. The molecule has 4 heteroatoms. The number of ether oxygens (including phenoxy) is 2. The minimum absolute atomic E-state index is 0.0824. The minimum Gasteiger partial charge on any atom is -0.468 e. The summed E-state index contributed by atoms with van der Waals surface area (Å²) in [6.45, 7) is 5.66. The van der Waals surface area contributed by atoms with Gasteiger partial charge in [-0.2, -0.15) is 0 Å². The van der Waals surface area contributed by atoms with Crippen LogP contribution in [0, 0.1) is 17.3 Å². The van der Waals surface area contributed by atoms with Crippen LogP contribution in [-0.2, 0) is 19.1 Å². The average Bonchev–Trinajstić information content (AvgIpc) is 2.91. The van der Waals surface area contributed by atoms with Gasteiger partial charge >= 0.3 is 11.9 Å². The van der Waals surface area contributed by atoms with Crippen molar-refractivity contribution < 1.29 is 19.1 Å². The number of esters is 2. The first-order valence-electron chi connectivity index (χ1n) is 6.95. The molecule has 114 valence electrons. The van der Waals surface area contributed by atoms with Gasteiger partial charge in [0.25, 0.3) is 0 Å². The molecule has 0 atom stereocenters. The summed E-state index contributed by atoms with van der Waals surface area (Å²) in [5, 5.41) is 0. The molecule has 0 unspecified atom stereocenters. The second-order valence-corrected chi connectivity index (χ2v) is 5.06. The maximum Gasteiger partial charge on any atom is 0.324 e. The lowest BCUT2D eigenvalue weighted by Crippen LogP contribution is -2.40. The minimum atomic E-state index is -1.40. The number of methoxy groups -OCH3 is 2. The Morgan fingerprint density at radius 1 is 1.29 bits per heavy atom. The van der Waals surface area contributed by atoms with E-state index in [1.165, 1.54) is 14.2 Å². The lowest BCUT2D eigenvalue weighted by molar-refractivity contribution is -0.168. The fraction of sp³-hybridized carbons (Fsp3) is 0.529. The van der Waals surface area contributed by atoms with Gasteiger partial charge in [-0.05, 0) is 38.2 Å². The first-order valence-corrected chi connectivity index (χ1v) is 6.95. The number of allylic oxidation sites excluding steroid dienone is 3. The van der Waals surface area contributed by atoms with Crippen molar-refractivity contribution >= 4 is 11.9 Å². The van der Waals surface area contributed by atoms with Crippen LogP contribution < -0.4 is 0 Å². The van der Waals surface area contributed by atoms with Crippen LogP contribution in [-0.4, -0.2) is 26.2 Å². The second-order valence-electron chi connectivity index (χ2n) is 5.06. The van der Waals surface area contributed by atoms with Gasteiger partial charge in [0.1, 0.15) is 0 Å². The van der Waals surface area contributed by atoms with Crippen molar-refractivity contribution in [3.05, 3.63) is 23.8 Å². The Bertz CT molecular complexity index is 501. The summed E-state index contributed by atoms with van der Waals surface area (Å²) < 4.78 is 9.64. The van der Waals surface area contributed by atoms with Gasteiger partial charge in [0.2, 0.25) is 0 Å². The Labute approximate surface area is 126 Å². The summed E-state index contributed by atoms with van der Waals surface area (Å²) in [6.07, 6.45) is 5.15. The molecule has 0 bridgehead atoms. The molecule has 0 spiro atoms. The zero-order valence-electron chi connectivity index (χ0n) is 13.0. The van der Waals surface area contributed by atoms with E-state index in [1.54, 1.807) is 6.92 Å². The first-order chi connectivity index (χ1) is 10.0. The number of hydrogen-bond acceptors (Lipinski definition) is 4. The zero-order valence-corrected chi connectivity index (χ0v) is 13.0. The van der Waals surface area contributed by atoms with E-state index < -0.39 is 17.4 Å². The fourth-order valence-corrected chi connectivity index (χ4v) is 2.47. The van der Waals surface area contributed by atoms with Crippen LogP contribution in [0.25, 0.3) is 0 Å². The van der Waals surface area contributed by atoms with Gasteiger partial charge in [-0.1, -0.05) is 18.2 Å². The predicted octanol–water partition coefficient (Wildman–Crippen LogP) is 2.79. The largest absolute Gasteiger partial charge is 0.468 e. The molecule has 0 radical (unpaired) electrons. The third-order valence-corrected chi connectivity index (χ3v) is 3.79. The Hall–Kier alpha value is -2.02. The van der Waals surface area contributed by atoms with Gasteiger partial charge in [0.15, 0.2) is 5.41 Å².